The monoisotopic (exact) mass is 283 g/mol. The van der Waals surface area contributed by atoms with E-state index in [0.29, 0.717) is 0 Å². The second kappa shape index (κ2) is 5.38. The Kier molecular flexibility index (Phi) is 4.01. The van der Waals surface area contributed by atoms with E-state index in [4.69, 9.17) is 5.73 Å². The minimum atomic E-state index is -3.48. The molecule has 0 radical (unpaired) electrons. The Hall–Kier alpha value is -1.27. The predicted octanol–water partition coefficient (Wildman–Crippen LogP) is 1.41. The summed E-state index contributed by atoms with van der Waals surface area (Å²) in [5.41, 5.74) is 7.09. The molecule has 1 aliphatic rings. The van der Waals surface area contributed by atoms with Gasteiger partial charge in [0.1, 0.15) is 4.90 Å². The van der Waals surface area contributed by atoms with Crippen LogP contribution in [0.5, 0.6) is 0 Å². The van der Waals surface area contributed by atoms with Crippen LogP contribution in [-0.2, 0) is 10.0 Å². The molecule has 0 saturated heterocycles. The number of hydrogen-bond donors (Lipinski definition) is 2. The lowest BCUT2D eigenvalue weighted by Gasteiger charge is -2.31. The zero-order valence-electron chi connectivity index (χ0n) is 11.4. The van der Waals surface area contributed by atoms with Crippen LogP contribution >= 0.6 is 0 Å². The predicted molar refractivity (Wildman–Crippen MR) is 77.7 cm³/mol. The maximum atomic E-state index is 11.7. The molecule has 6 heteroatoms. The molecule has 19 heavy (non-hydrogen) atoms. The number of benzene rings is 1. The fraction of sp³-hybridized carbons (Fsp3) is 0.538. The molecule has 5 nitrogen and oxygen atoms in total. The molecule has 0 amide bonds. The summed E-state index contributed by atoms with van der Waals surface area (Å²) in [5.74, 6) is 0.756. The molecular weight excluding hydrogens is 262 g/mol. The summed E-state index contributed by atoms with van der Waals surface area (Å²) in [6, 6.07) is 5.09. The van der Waals surface area contributed by atoms with Crippen molar-refractivity contribution >= 4 is 21.4 Å². The average Bonchev–Trinajstić information content (AvgIpc) is 2.33. The molecule has 0 aromatic heterocycles. The smallest absolute Gasteiger partial charge is 0.242 e. The van der Waals surface area contributed by atoms with E-state index in [0.717, 1.165) is 18.2 Å². The van der Waals surface area contributed by atoms with Gasteiger partial charge in [-0.3, -0.25) is 0 Å². The van der Waals surface area contributed by atoms with Crippen LogP contribution in [0.25, 0.3) is 0 Å². The molecule has 1 aromatic carbocycles. The van der Waals surface area contributed by atoms with E-state index in [9.17, 15) is 8.42 Å². The molecule has 0 unspecified atom stereocenters. The number of anilines is 2. The van der Waals surface area contributed by atoms with E-state index in [2.05, 4.69) is 9.62 Å². The Bertz CT molecular complexity index is 553. The van der Waals surface area contributed by atoms with E-state index in [-0.39, 0.29) is 10.6 Å². The van der Waals surface area contributed by atoms with Crippen molar-refractivity contribution in [2.75, 3.05) is 31.3 Å². The third-order valence-electron chi connectivity index (χ3n) is 3.75. The Labute approximate surface area is 114 Å². The normalized spacial score (nSPS) is 16.1. The van der Waals surface area contributed by atoms with E-state index in [1.54, 1.807) is 18.2 Å². The molecule has 0 aliphatic heterocycles. The summed E-state index contributed by atoms with van der Waals surface area (Å²) in [4.78, 5) is 2.27. The molecule has 0 spiro atoms. The van der Waals surface area contributed by atoms with E-state index in [1.165, 1.54) is 26.3 Å². The van der Waals surface area contributed by atoms with Gasteiger partial charge in [0.15, 0.2) is 0 Å². The van der Waals surface area contributed by atoms with Crippen LogP contribution in [0.4, 0.5) is 11.4 Å². The summed E-state index contributed by atoms with van der Waals surface area (Å²) in [6.45, 7) is 0.998. The van der Waals surface area contributed by atoms with Gasteiger partial charge in [-0.25, -0.2) is 13.1 Å². The summed E-state index contributed by atoms with van der Waals surface area (Å²) < 4.78 is 25.7. The molecule has 1 fully saturated rings. The Morgan fingerprint density at radius 3 is 2.58 bits per heavy atom. The maximum Gasteiger partial charge on any atom is 0.242 e. The molecule has 0 heterocycles. The quantitative estimate of drug-likeness (QED) is 0.801. The standard InChI is InChI=1S/C13H21N3O2S/c1-15-19(17,18)13-7-6-11(8-12(13)14)16(2)9-10-4-3-5-10/h6-8,10,15H,3-5,9,14H2,1-2H3. The highest BCUT2D eigenvalue weighted by atomic mass is 32.2. The summed E-state index contributed by atoms with van der Waals surface area (Å²) in [7, 11) is -0.0878. The van der Waals surface area contributed by atoms with Gasteiger partial charge < -0.3 is 10.6 Å². The molecule has 1 saturated carbocycles. The van der Waals surface area contributed by atoms with Crippen LogP contribution < -0.4 is 15.4 Å². The van der Waals surface area contributed by atoms with Crippen LogP contribution in [0.3, 0.4) is 0 Å². The zero-order valence-corrected chi connectivity index (χ0v) is 12.2. The first-order valence-electron chi connectivity index (χ1n) is 6.48. The van der Waals surface area contributed by atoms with E-state index in [1.807, 2.05) is 7.05 Å². The lowest BCUT2D eigenvalue weighted by Crippen LogP contribution is -2.29. The highest BCUT2D eigenvalue weighted by Crippen LogP contribution is 2.30. The third-order valence-corrected chi connectivity index (χ3v) is 5.24. The number of sulfonamides is 1. The summed E-state index contributed by atoms with van der Waals surface area (Å²) in [5, 5.41) is 0. The second-order valence-electron chi connectivity index (χ2n) is 5.11. The lowest BCUT2D eigenvalue weighted by atomic mass is 9.85. The van der Waals surface area contributed by atoms with Crippen molar-refractivity contribution in [2.24, 2.45) is 5.92 Å². The average molecular weight is 283 g/mol. The van der Waals surface area contributed by atoms with Crippen LogP contribution in [0.15, 0.2) is 23.1 Å². The van der Waals surface area contributed by atoms with Gasteiger partial charge in [0.25, 0.3) is 0 Å². The van der Waals surface area contributed by atoms with Gasteiger partial charge in [-0.05, 0) is 44.0 Å². The minimum absolute atomic E-state index is 0.135. The zero-order chi connectivity index (χ0) is 14.0. The van der Waals surface area contributed by atoms with Crippen LogP contribution in [0.2, 0.25) is 0 Å². The van der Waals surface area contributed by atoms with Gasteiger partial charge in [-0.1, -0.05) is 6.42 Å². The van der Waals surface area contributed by atoms with Gasteiger partial charge >= 0.3 is 0 Å². The Morgan fingerprint density at radius 1 is 1.42 bits per heavy atom. The number of nitrogens with zero attached hydrogens (tertiary/aromatic N) is 1. The van der Waals surface area contributed by atoms with Crippen LogP contribution in [-0.4, -0.2) is 29.1 Å². The number of rotatable bonds is 5. The lowest BCUT2D eigenvalue weighted by molar-refractivity contribution is 0.321. The van der Waals surface area contributed by atoms with E-state index < -0.39 is 10.0 Å². The second-order valence-corrected chi connectivity index (χ2v) is 6.96. The Balaban J connectivity index is 2.18. The number of hydrogen-bond acceptors (Lipinski definition) is 4. The van der Waals surface area contributed by atoms with Gasteiger partial charge in [-0.15, -0.1) is 0 Å². The molecule has 0 atom stereocenters. The molecule has 0 bridgehead atoms. The third kappa shape index (κ3) is 3.01. The molecule has 1 aliphatic carbocycles. The Morgan fingerprint density at radius 2 is 2.11 bits per heavy atom. The van der Waals surface area contributed by atoms with Crippen molar-refractivity contribution in [3.8, 4) is 0 Å². The number of nitrogens with one attached hydrogen (secondary N) is 1. The molecule has 3 N–H and O–H groups in total. The molecular formula is C13H21N3O2S. The first-order valence-corrected chi connectivity index (χ1v) is 7.96. The number of nitrogen functional groups attached to an aromatic ring is 1. The van der Waals surface area contributed by atoms with Crippen molar-refractivity contribution in [1.29, 1.82) is 0 Å². The van der Waals surface area contributed by atoms with Gasteiger partial charge in [0.05, 0.1) is 5.69 Å². The maximum absolute atomic E-state index is 11.7. The van der Waals surface area contributed by atoms with Crippen molar-refractivity contribution in [3.63, 3.8) is 0 Å². The van der Waals surface area contributed by atoms with Crippen LogP contribution in [0, 0.1) is 5.92 Å². The highest BCUT2D eigenvalue weighted by Gasteiger charge is 2.20. The van der Waals surface area contributed by atoms with Crippen molar-refractivity contribution in [1.82, 2.24) is 4.72 Å². The molecule has 2 rings (SSSR count). The van der Waals surface area contributed by atoms with Crippen LogP contribution in [0.1, 0.15) is 19.3 Å². The van der Waals surface area contributed by atoms with Crippen molar-refractivity contribution < 1.29 is 8.42 Å². The summed E-state index contributed by atoms with van der Waals surface area (Å²) >= 11 is 0. The van der Waals surface area contributed by atoms with Gasteiger partial charge in [-0.2, -0.15) is 0 Å². The van der Waals surface area contributed by atoms with Gasteiger partial charge in [0.2, 0.25) is 10.0 Å². The first-order chi connectivity index (χ1) is 8.94. The molecule has 1 aromatic rings. The highest BCUT2D eigenvalue weighted by molar-refractivity contribution is 7.89. The topological polar surface area (TPSA) is 75.4 Å². The van der Waals surface area contributed by atoms with Crippen molar-refractivity contribution in [2.45, 2.75) is 24.2 Å². The first kappa shape index (κ1) is 14.1. The fourth-order valence-corrected chi connectivity index (χ4v) is 3.13. The molecule has 106 valence electrons. The SMILES string of the molecule is CNS(=O)(=O)c1ccc(N(C)CC2CCC2)cc1N. The minimum Gasteiger partial charge on any atom is -0.398 e. The van der Waals surface area contributed by atoms with Crippen molar-refractivity contribution in [3.05, 3.63) is 18.2 Å². The number of nitrogens with two attached hydrogens (primary N) is 1. The summed E-state index contributed by atoms with van der Waals surface area (Å²) in [6.07, 6.45) is 3.89. The van der Waals surface area contributed by atoms with E-state index >= 15 is 0 Å². The largest absolute Gasteiger partial charge is 0.398 e. The van der Waals surface area contributed by atoms with Gasteiger partial charge in [0, 0.05) is 19.3 Å². The fourth-order valence-electron chi connectivity index (χ4n) is 2.30.